The second-order valence-corrected chi connectivity index (χ2v) is 7.70. The topological polar surface area (TPSA) is 38.9 Å². The van der Waals surface area contributed by atoms with E-state index in [1.165, 1.54) is 12.8 Å². The van der Waals surface area contributed by atoms with Crippen LogP contribution in [0.4, 0.5) is 0 Å². The maximum absolute atomic E-state index is 6.62. The Hall–Kier alpha value is -0.610. The van der Waals surface area contributed by atoms with Gasteiger partial charge in [-0.2, -0.15) is 0 Å². The van der Waals surface area contributed by atoms with Crippen LogP contribution >= 0.6 is 34.5 Å². The summed E-state index contributed by atoms with van der Waals surface area (Å²) in [7, 11) is 0. The van der Waals surface area contributed by atoms with Crippen molar-refractivity contribution in [3.63, 3.8) is 0 Å². The molecule has 2 atom stereocenters. The molecule has 0 amide bonds. The Morgan fingerprint density at radius 1 is 1.33 bits per heavy atom. The predicted molar refractivity (Wildman–Crippen MR) is 91.1 cm³/mol. The summed E-state index contributed by atoms with van der Waals surface area (Å²) in [6.45, 7) is 2.27. The molecule has 0 aliphatic heterocycles. The monoisotopic (exact) mass is 340 g/mol. The first-order chi connectivity index (χ1) is 9.98. The van der Waals surface area contributed by atoms with Crippen molar-refractivity contribution in [1.82, 2.24) is 4.98 Å². The Morgan fingerprint density at radius 3 is 2.86 bits per heavy atom. The van der Waals surface area contributed by atoms with E-state index in [0.29, 0.717) is 16.0 Å². The van der Waals surface area contributed by atoms with E-state index in [9.17, 15) is 0 Å². The van der Waals surface area contributed by atoms with Gasteiger partial charge in [0.05, 0.1) is 21.3 Å². The minimum atomic E-state index is -0.267. The Bertz CT molecular complexity index is 655. The van der Waals surface area contributed by atoms with E-state index in [1.807, 2.05) is 12.1 Å². The number of hydrogen-bond acceptors (Lipinski definition) is 3. The fraction of sp³-hybridized carbons (Fsp3) is 0.438. The molecule has 2 nitrogen and oxygen atoms in total. The molecule has 2 unspecified atom stereocenters. The van der Waals surface area contributed by atoms with Crippen molar-refractivity contribution in [2.45, 2.75) is 38.1 Å². The van der Waals surface area contributed by atoms with Crippen LogP contribution in [-0.4, -0.2) is 4.98 Å². The van der Waals surface area contributed by atoms with Gasteiger partial charge < -0.3 is 5.73 Å². The maximum atomic E-state index is 6.62. The average molecular weight is 341 g/mol. The first-order valence-electron chi connectivity index (χ1n) is 7.18. The molecule has 0 bridgehead atoms. The highest BCUT2D eigenvalue weighted by atomic mass is 35.5. The molecule has 1 heterocycles. The highest BCUT2D eigenvalue weighted by Gasteiger charge is 2.35. The summed E-state index contributed by atoms with van der Waals surface area (Å²) in [5.41, 5.74) is 8.26. The van der Waals surface area contributed by atoms with Gasteiger partial charge in [0.1, 0.15) is 5.01 Å². The molecule has 1 fully saturated rings. The van der Waals surface area contributed by atoms with Gasteiger partial charge in [-0.3, -0.25) is 0 Å². The largest absolute Gasteiger partial charge is 0.319 e. The molecule has 0 saturated heterocycles. The molecule has 1 aromatic heterocycles. The number of hydrogen-bond donors (Lipinski definition) is 1. The molecule has 3 rings (SSSR count). The second-order valence-electron chi connectivity index (χ2n) is 6.02. The van der Waals surface area contributed by atoms with Gasteiger partial charge in [-0.05, 0) is 30.9 Å². The standard InChI is InChI=1S/C16H18Cl2N2S/c1-10-3-2-6-16(19,8-10)15-20-14(9-21-15)11-4-5-12(17)13(18)7-11/h4-5,7,9-10H,2-3,6,8,19H2,1H3. The van der Waals surface area contributed by atoms with Crippen LogP contribution in [0, 0.1) is 5.92 Å². The first kappa shape index (κ1) is 15.3. The summed E-state index contributed by atoms with van der Waals surface area (Å²) >= 11 is 13.7. The molecule has 5 heteroatoms. The molecule has 112 valence electrons. The smallest absolute Gasteiger partial charge is 0.113 e. The lowest BCUT2D eigenvalue weighted by atomic mass is 9.77. The number of rotatable bonds is 2. The van der Waals surface area contributed by atoms with Crippen LogP contribution in [-0.2, 0) is 5.54 Å². The Kier molecular flexibility index (Phi) is 4.28. The lowest BCUT2D eigenvalue weighted by Crippen LogP contribution is -2.40. The van der Waals surface area contributed by atoms with E-state index in [1.54, 1.807) is 17.4 Å². The van der Waals surface area contributed by atoms with E-state index in [4.69, 9.17) is 33.9 Å². The Labute approximate surface area is 139 Å². The van der Waals surface area contributed by atoms with Gasteiger partial charge in [-0.25, -0.2) is 4.98 Å². The molecule has 2 aromatic rings. The van der Waals surface area contributed by atoms with Crippen LogP contribution in [0.15, 0.2) is 23.6 Å². The van der Waals surface area contributed by atoms with Gasteiger partial charge in [0.2, 0.25) is 0 Å². The summed E-state index contributed by atoms with van der Waals surface area (Å²) in [6.07, 6.45) is 4.48. The SMILES string of the molecule is CC1CCCC(N)(c2nc(-c3ccc(Cl)c(Cl)c3)cs2)C1. The zero-order chi connectivity index (χ0) is 15.0. The van der Waals surface area contributed by atoms with E-state index >= 15 is 0 Å². The third-order valence-corrected chi connectivity index (χ3v) is 5.98. The molecule has 2 N–H and O–H groups in total. The van der Waals surface area contributed by atoms with Gasteiger partial charge in [0.25, 0.3) is 0 Å². The van der Waals surface area contributed by atoms with Gasteiger partial charge in [0, 0.05) is 10.9 Å². The van der Waals surface area contributed by atoms with Crippen molar-refractivity contribution >= 4 is 34.5 Å². The van der Waals surface area contributed by atoms with Crippen LogP contribution in [0.1, 0.15) is 37.6 Å². The quantitative estimate of drug-likeness (QED) is 0.785. The number of nitrogens with zero attached hydrogens (tertiary/aromatic N) is 1. The van der Waals surface area contributed by atoms with Gasteiger partial charge in [-0.15, -0.1) is 11.3 Å². The zero-order valence-electron chi connectivity index (χ0n) is 11.9. The van der Waals surface area contributed by atoms with Crippen molar-refractivity contribution in [3.8, 4) is 11.3 Å². The van der Waals surface area contributed by atoms with Crippen LogP contribution in [0.3, 0.4) is 0 Å². The summed E-state index contributed by atoms with van der Waals surface area (Å²) in [4.78, 5) is 4.77. The van der Waals surface area contributed by atoms with E-state index in [2.05, 4.69) is 12.3 Å². The predicted octanol–water partition coefficient (Wildman–Crippen LogP) is 5.48. The third kappa shape index (κ3) is 3.11. The molecular formula is C16H18Cl2N2S. The summed E-state index contributed by atoms with van der Waals surface area (Å²) < 4.78 is 0. The fourth-order valence-corrected chi connectivity index (χ4v) is 4.36. The summed E-state index contributed by atoms with van der Waals surface area (Å²) in [5.74, 6) is 0.668. The van der Waals surface area contributed by atoms with E-state index < -0.39 is 0 Å². The maximum Gasteiger partial charge on any atom is 0.113 e. The molecule has 1 aliphatic carbocycles. The average Bonchev–Trinajstić information content (AvgIpc) is 2.92. The van der Waals surface area contributed by atoms with Gasteiger partial charge in [0.15, 0.2) is 0 Å². The molecule has 0 radical (unpaired) electrons. The van der Waals surface area contributed by atoms with Crippen molar-refractivity contribution in [1.29, 1.82) is 0 Å². The Morgan fingerprint density at radius 2 is 2.14 bits per heavy atom. The minimum absolute atomic E-state index is 0.267. The summed E-state index contributed by atoms with van der Waals surface area (Å²) in [6, 6.07) is 5.61. The van der Waals surface area contributed by atoms with Crippen molar-refractivity contribution < 1.29 is 0 Å². The van der Waals surface area contributed by atoms with Crippen molar-refractivity contribution in [2.24, 2.45) is 11.7 Å². The van der Waals surface area contributed by atoms with Crippen LogP contribution in [0.5, 0.6) is 0 Å². The van der Waals surface area contributed by atoms with Gasteiger partial charge >= 0.3 is 0 Å². The van der Waals surface area contributed by atoms with Crippen LogP contribution in [0.2, 0.25) is 10.0 Å². The normalized spacial score (nSPS) is 26.0. The van der Waals surface area contributed by atoms with Gasteiger partial charge in [-0.1, -0.05) is 49.0 Å². The first-order valence-corrected chi connectivity index (χ1v) is 8.82. The highest BCUT2D eigenvalue weighted by Crippen LogP contribution is 2.40. The van der Waals surface area contributed by atoms with Crippen molar-refractivity contribution in [3.05, 3.63) is 38.6 Å². The lowest BCUT2D eigenvalue weighted by molar-refractivity contribution is 0.238. The lowest BCUT2D eigenvalue weighted by Gasteiger charge is -2.35. The number of nitrogens with two attached hydrogens (primary N) is 1. The number of thiazole rings is 1. The fourth-order valence-electron chi connectivity index (χ4n) is 3.08. The summed E-state index contributed by atoms with van der Waals surface area (Å²) in [5, 5.41) is 4.21. The molecule has 1 aromatic carbocycles. The third-order valence-electron chi connectivity index (χ3n) is 4.18. The van der Waals surface area contributed by atoms with Crippen LogP contribution < -0.4 is 5.73 Å². The zero-order valence-corrected chi connectivity index (χ0v) is 14.2. The number of halogens is 2. The molecular weight excluding hydrogens is 323 g/mol. The van der Waals surface area contributed by atoms with Crippen LogP contribution in [0.25, 0.3) is 11.3 Å². The van der Waals surface area contributed by atoms with E-state index in [0.717, 1.165) is 29.1 Å². The molecule has 21 heavy (non-hydrogen) atoms. The number of benzene rings is 1. The van der Waals surface area contributed by atoms with Crippen molar-refractivity contribution in [2.75, 3.05) is 0 Å². The molecule has 1 aliphatic rings. The molecule has 1 saturated carbocycles. The minimum Gasteiger partial charge on any atom is -0.319 e. The Balaban J connectivity index is 1.90. The molecule has 0 spiro atoms. The van der Waals surface area contributed by atoms with E-state index in [-0.39, 0.29) is 5.54 Å². The highest BCUT2D eigenvalue weighted by molar-refractivity contribution is 7.10. The second kappa shape index (κ2) is 5.88. The number of aromatic nitrogens is 1.